The van der Waals surface area contributed by atoms with Gasteiger partial charge in [-0.15, -0.1) is 0 Å². The van der Waals surface area contributed by atoms with E-state index in [4.69, 9.17) is 9.47 Å². The summed E-state index contributed by atoms with van der Waals surface area (Å²) in [6.45, 7) is 6.96. The van der Waals surface area contributed by atoms with Crippen LogP contribution in [0.25, 0.3) is 0 Å². The zero-order chi connectivity index (χ0) is 20.4. The van der Waals surface area contributed by atoms with Gasteiger partial charge in [-0.1, -0.05) is 24.3 Å². The zero-order valence-corrected chi connectivity index (χ0v) is 17.0. The van der Waals surface area contributed by atoms with Crippen LogP contribution in [0.3, 0.4) is 0 Å². The molecule has 28 heavy (non-hydrogen) atoms. The first-order chi connectivity index (χ1) is 13.4. The highest BCUT2D eigenvalue weighted by Crippen LogP contribution is 2.19. The molecule has 0 radical (unpaired) electrons. The van der Waals surface area contributed by atoms with Crippen LogP contribution in [-0.2, 0) is 4.79 Å². The number of hydrogen-bond donors (Lipinski definition) is 2. The van der Waals surface area contributed by atoms with Gasteiger partial charge in [0.05, 0.1) is 6.61 Å². The second-order valence-corrected chi connectivity index (χ2v) is 7.16. The number of aliphatic hydroxyl groups is 1. The van der Waals surface area contributed by atoms with E-state index < -0.39 is 6.10 Å². The van der Waals surface area contributed by atoms with Crippen molar-refractivity contribution in [3.05, 3.63) is 59.2 Å². The molecule has 2 aromatic carbocycles. The minimum atomic E-state index is -0.739. The first-order valence-corrected chi connectivity index (χ1v) is 9.78. The van der Waals surface area contributed by atoms with E-state index in [2.05, 4.69) is 11.4 Å². The Morgan fingerprint density at radius 2 is 1.82 bits per heavy atom. The quantitative estimate of drug-likeness (QED) is 0.579. The summed E-state index contributed by atoms with van der Waals surface area (Å²) in [5, 5.41) is 12.7. The summed E-state index contributed by atoms with van der Waals surface area (Å²) in [6, 6.07) is 13.8. The molecule has 2 aromatic rings. The molecule has 0 saturated heterocycles. The number of rotatable bonds is 11. The molecule has 5 nitrogen and oxygen atoms in total. The van der Waals surface area contributed by atoms with Gasteiger partial charge in [0.1, 0.15) is 24.2 Å². The van der Waals surface area contributed by atoms with Crippen molar-refractivity contribution in [1.82, 2.24) is 5.32 Å². The second kappa shape index (κ2) is 11.3. The van der Waals surface area contributed by atoms with E-state index in [1.165, 1.54) is 5.56 Å². The van der Waals surface area contributed by atoms with Crippen LogP contribution in [0.4, 0.5) is 0 Å². The fraction of sp³-hybridized carbons (Fsp3) is 0.435. The molecule has 0 bridgehead atoms. The summed E-state index contributed by atoms with van der Waals surface area (Å²) in [7, 11) is 0. The van der Waals surface area contributed by atoms with Crippen LogP contribution in [0.2, 0.25) is 0 Å². The molecule has 152 valence electrons. The second-order valence-electron chi connectivity index (χ2n) is 7.16. The number of amides is 1. The molecule has 1 unspecified atom stereocenters. The molecule has 2 rings (SSSR count). The first kappa shape index (κ1) is 21.8. The SMILES string of the molecule is Cc1cccc(OCC(O)CNC(=O)CCCCOc2cc(C)ccc2C)c1. The summed E-state index contributed by atoms with van der Waals surface area (Å²) in [4.78, 5) is 11.9. The average molecular weight is 386 g/mol. The minimum absolute atomic E-state index is 0.0682. The maximum absolute atomic E-state index is 11.9. The van der Waals surface area contributed by atoms with E-state index in [1.54, 1.807) is 0 Å². The average Bonchev–Trinajstić information content (AvgIpc) is 2.67. The van der Waals surface area contributed by atoms with Gasteiger partial charge in [-0.2, -0.15) is 0 Å². The molecule has 0 aliphatic rings. The summed E-state index contributed by atoms with van der Waals surface area (Å²) in [6.07, 6.45) is 1.23. The largest absolute Gasteiger partial charge is 0.493 e. The van der Waals surface area contributed by atoms with Crippen LogP contribution < -0.4 is 14.8 Å². The Bertz CT molecular complexity index is 760. The maximum atomic E-state index is 11.9. The minimum Gasteiger partial charge on any atom is -0.493 e. The first-order valence-electron chi connectivity index (χ1n) is 9.78. The van der Waals surface area contributed by atoms with Crippen molar-refractivity contribution in [2.45, 2.75) is 46.1 Å². The Morgan fingerprint density at radius 3 is 2.61 bits per heavy atom. The number of nitrogens with one attached hydrogen (secondary N) is 1. The summed E-state index contributed by atoms with van der Waals surface area (Å²) >= 11 is 0. The molecular weight excluding hydrogens is 354 g/mol. The molecule has 1 atom stereocenters. The maximum Gasteiger partial charge on any atom is 0.220 e. The summed E-state index contributed by atoms with van der Waals surface area (Å²) in [5.41, 5.74) is 3.39. The summed E-state index contributed by atoms with van der Waals surface area (Å²) in [5.74, 6) is 1.55. The van der Waals surface area contributed by atoms with Crippen molar-refractivity contribution >= 4 is 5.91 Å². The van der Waals surface area contributed by atoms with Crippen LogP contribution in [0.15, 0.2) is 42.5 Å². The predicted molar refractivity (Wildman–Crippen MR) is 111 cm³/mol. The molecule has 0 aliphatic carbocycles. The van der Waals surface area contributed by atoms with E-state index in [9.17, 15) is 9.90 Å². The van der Waals surface area contributed by atoms with E-state index in [0.717, 1.165) is 29.7 Å². The van der Waals surface area contributed by atoms with Crippen molar-refractivity contribution in [3.63, 3.8) is 0 Å². The molecule has 0 heterocycles. The Hall–Kier alpha value is -2.53. The Kier molecular flexibility index (Phi) is 8.82. The van der Waals surface area contributed by atoms with Crippen molar-refractivity contribution < 1.29 is 19.4 Å². The van der Waals surface area contributed by atoms with Gasteiger partial charge in [-0.05, 0) is 68.5 Å². The number of aliphatic hydroxyl groups excluding tert-OH is 1. The van der Waals surface area contributed by atoms with Crippen LogP contribution in [0.5, 0.6) is 11.5 Å². The fourth-order valence-corrected chi connectivity index (χ4v) is 2.71. The van der Waals surface area contributed by atoms with Crippen molar-refractivity contribution in [3.8, 4) is 11.5 Å². The highest BCUT2D eigenvalue weighted by atomic mass is 16.5. The summed E-state index contributed by atoms with van der Waals surface area (Å²) < 4.78 is 11.3. The number of unbranched alkanes of at least 4 members (excludes halogenated alkanes) is 1. The lowest BCUT2D eigenvalue weighted by molar-refractivity contribution is -0.121. The Morgan fingerprint density at radius 1 is 1.04 bits per heavy atom. The van der Waals surface area contributed by atoms with Crippen molar-refractivity contribution in [2.75, 3.05) is 19.8 Å². The van der Waals surface area contributed by atoms with Gasteiger partial charge in [0.2, 0.25) is 5.91 Å². The van der Waals surface area contributed by atoms with E-state index in [-0.39, 0.29) is 19.1 Å². The van der Waals surface area contributed by atoms with Crippen molar-refractivity contribution in [2.24, 2.45) is 0 Å². The number of hydrogen-bond acceptors (Lipinski definition) is 4. The van der Waals surface area contributed by atoms with Gasteiger partial charge in [0.15, 0.2) is 0 Å². The van der Waals surface area contributed by atoms with Gasteiger partial charge in [0, 0.05) is 13.0 Å². The molecule has 0 fully saturated rings. The topological polar surface area (TPSA) is 67.8 Å². The molecule has 1 amide bonds. The third kappa shape index (κ3) is 8.01. The number of aryl methyl sites for hydroxylation is 3. The van der Waals surface area contributed by atoms with Gasteiger partial charge in [-0.25, -0.2) is 0 Å². The lowest BCUT2D eigenvalue weighted by Crippen LogP contribution is -2.35. The van der Waals surface area contributed by atoms with E-state index >= 15 is 0 Å². The van der Waals surface area contributed by atoms with Crippen LogP contribution in [-0.4, -0.2) is 36.9 Å². The highest BCUT2D eigenvalue weighted by molar-refractivity contribution is 5.75. The lowest BCUT2D eigenvalue weighted by Gasteiger charge is -2.14. The predicted octanol–water partition coefficient (Wildman–Crippen LogP) is 3.72. The normalized spacial score (nSPS) is 11.7. The molecule has 0 aliphatic heterocycles. The van der Waals surface area contributed by atoms with Crippen LogP contribution in [0, 0.1) is 20.8 Å². The Balaban J connectivity index is 1.55. The van der Waals surface area contributed by atoms with Crippen molar-refractivity contribution in [1.29, 1.82) is 0 Å². The number of ether oxygens (including phenoxy) is 2. The molecule has 2 N–H and O–H groups in total. The molecule has 0 aromatic heterocycles. The van der Waals surface area contributed by atoms with Gasteiger partial charge in [-0.3, -0.25) is 4.79 Å². The molecule has 0 spiro atoms. The third-order valence-electron chi connectivity index (χ3n) is 4.37. The van der Waals surface area contributed by atoms with E-state index in [1.807, 2.05) is 57.2 Å². The zero-order valence-electron chi connectivity index (χ0n) is 17.0. The molecule has 0 saturated carbocycles. The van der Waals surface area contributed by atoms with E-state index in [0.29, 0.717) is 18.8 Å². The fourth-order valence-electron chi connectivity index (χ4n) is 2.71. The number of carbonyl (C=O) groups is 1. The Labute approximate surface area is 167 Å². The highest BCUT2D eigenvalue weighted by Gasteiger charge is 2.08. The standard InChI is InChI=1S/C23H31NO4/c1-17-7-6-8-21(13-17)28-16-20(25)15-24-23(26)9-4-5-12-27-22-14-18(2)10-11-19(22)3/h6-8,10-11,13-14,20,25H,4-5,9,12,15-16H2,1-3H3,(H,24,26). The number of carbonyl (C=O) groups excluding carboxylic acids is 1. The number of benzene rings is 2. The van der Waals surface area contributed by atoms with Gasteiger partial charge < -0.3 is 19.9 Å². The smallest absolute Gasteiger partial charge is 0.220 e. The van der Waals surface area contributed by atoms with Crippen LogP contribution >= 0.6 is 0 Å². The van der Waals surface area contributed by atoms with Gasteiger partial charge >= 0.3 is 0 Å². The third-order valence-corrected chi connectivity index (χ3v) is 4.37. The van der Waals surface area contributed by atoms with Gasteiger partial charge in [0.25, 0.3) is 0 Å². The molecular formula is C23H31NO4. The monoisotopic (exact) mass is 385 g/mol. The lowest BCUT2D eigenvalue weighted by atomic mass is 10.1. The molecule has 5 heteroatoms. The van der Waals surface area contributed by atoms with Crippen LogP contribution in [0.1, 0.15) is 36.0 Å².